The molecule has 1 unspecified atom stereocenters. The highest BCUT2D eigenvalue weighted by molar-refractivity contribution is 5.99. The Labute approximate surface area is 189 Å². The molecule has 32 heavy (non-hydrogen) atoms. The van der Waals surface area contributed by atoms with E-state index in [1.165, 1.54) is 0 Å². The third-order valence-corrected chi connectivity index (χ3v) is 6.06. The maximum Gasteiger partial charge on any atom is 0.290 e. The number of carbonyl (C=O) groups is 1. The molecule has 1 amide bonds. The number of hydrogen-bond donors (Lipinski definition) is 0. The molecule has 2 aromatic carbocycles. The fraction of sp³-hybridized carbons (Fsp3) is 0.407. The highest BCUT2D eigenvalue weighted by atomic mass is 16.5. The lowest BCUT2D eigenvalue weighted by Gasteiger charge is -2.25. The predicted molar refractivity (Wildman–Crippen MR) is 127 cm³/mol. The fourth-order valence-corrected chi connectivity index (χ4v) is 4.62. The van der Waals surface area contributed by atoms with Crippen molar-refractivity contribution in [1.29, 1.82) is 0 Å². The molecule has 0 bridgehead atoms. The number of aryl methyl sites for hydroxylation is 2. The van der Waals surface area contributed by atoms with E-state index >= 15 is 0 Å². The molecule has 3 aromatic rings. The largest absolute Gasteiger partial charge is 0.494 e. The molecule has 1 atom stereocenters. The van der Waals surface area contributed by atoms with Gasteiger partial charge in [0.2, 0.25) is 5.76 Å². The van der Waals surface area contributed by atoms with Crippen LogP contribution in [0.2, 0.25) is 0 Å². The van der Waals surface area contributed by atoms with E-state index in [0.29, 0.717) is 29.7 Å². The number of rotatable bonds is 8. The number of unbranched alkanes of at least 4 members (excludes halogenated alkanes) is 2. The normalized spacial score (nSPS) is 15.4. The van der Waals surface area contributed by atoms with Crippen LogP contribution < -0.4 is 10.2 Å². The van der Waals surface area contributed by atoms with Gasteiger partial charge >= 0.3 is 0 Å². The summed E-state index contributed by atoms with van der Waals surface area (Å²) in [6.07, 6.45) is 3.87. The zero-order valence-corrected chi connectivity index (χ0v) is 19.4. The van der Waals surface area contributed by atoms with Gasteiger partial charge in [0.25, 0.3) is 5.91 Å². The molecule has 1 aliphatic rings. The summed E-state index contributed by atoms with van der Waals surface area (Å²) in [7, 11) is 0. The second-order valence-corrected chi connectivity index (χ2v) is 8.66. The summed E-state index contributed by atoms with van der Waals surface area (Å²) in [6.45, 7) is 9.28. The lowest BCUT2D eigenvalue weighted by Crippen LogP contribution is -2.30. The minimum absolute atomic E-state index is 0.116. The molecule has 168 valence electrons. The SMILES string of the molecule is CCCCCN1C(=O)c2oc3cc(C)cc(C)c3c(=O)c2C1c1cccc(OCCC)c1. The number of nitrogens with zero attached hydrogens (tertiary/aromatic N) is 1. The van der Waals surface area contributed by atoms with Crippen molar-refractivity contribution in [3.8, 4) is 5.75 Å². The van der Waals surface area contributed by atoms with Crippen molar-refractivity contribution in [3.05, 3.63) is 74.6 Å². The molecule has 4 rings (SSSR count). The van der Waals surface area contributed by atoms with E-state index in [0.717, 1.165) is 48.1 Å². The zero-order valence-electron chi connectivity index (χ0n) is 19.4. The number of fused-ring (bicyclic) bond motifs is 2. The molecule has 0 aliphatic carbocycles. The van der Waals surface area contributed by atoms with Crippen molar-refractivity contribution in [2.45, 2.75) is 59.4 Å². The zero-order chi connectivity index (χ0) is 22.8. The molecule has 1 aromatic heterocycles. The van der Waals surface area contributed by atoms with E-state index in [-0.39, 0.29) is 17.1 Å². The first kappa shape index (κ1) is 22.1. The van der Waals surface area contributed by atoms with E-state index in [4.69, 9.17) is 9.15 Å². The van der Waals surface area contributed by atoms with E-state index in [2.05, 4.69) is 13.8 Å². The van der Waals surface area contributed by atoms with Crippen molar-refractivity contribution >= 4 is 16.9 Å². The van der Waals surface area contributed by atoms with Crippen LogP contribution in [0.5, 0.6) is 5.75 Å². The number of ether oxygens (including phenoxy) is 1. The van der Waals surface area contributed by atoms with Gasteiger partial charge in [0.1, 0.15) is 11.3 Å². The highest BCUT2D eigenvalue weighted by Crippen LogP contribution is 2.39. The Morgan fingerprint density at radius 2 is 1.84 bits per heavy atom. The van der Waals surface area contributed by atoms with E-state index in [1.54, 1.807) is 4.90 Å². The third-order valence-electron chi connectivity index (χ3n) is 6.06. The van der Waals surface area contributed by atoms with Crippen molar-refractivity contribution in [2.24, 2.45) is 0 Å². The number of benzene rings is 2. The first-order valence-electron chi connectivity index (χ1n) is 11.6. The maximum absolute atomic E-state index is 13.7. The Hall–Kier alpha value is -3.08. The second kappa shape index (κ2) is 9.19. The summed E-state index contributed by atoms with van der Waals surface area (Å²) in [5.74, 6) is 0.712. The Bertz CT molecular complexity index is 1210. The van der Waals surface area contributed by atoms with Crippen LogP contribution >= 0.6 is 0 Å². The minimum Gasteiger partial charge on any atom is -0.494 e. The van der Waals surface area contributed by atoms with Crippen LogP contribution in [0.3, 0.4) is 0 Å². The second-order valence-electron chi connectivity index (χ2n) is 8.66. The average Bonchev–Trinajstić information content (AvgIpc) is 3.04. The first-order valence-corrected chi connectivity index (χ1v) is 11.6. The topological polar surface area (TPSA) is 59.8 Å². The van der Waals surface area contributed by atoms with Gasteiger partial charge in [-0.15, -0.1) is 0 Å². The summed E-state index contributed by atoms with van der Waals surface area (Å²) in [5.41, 5.74) is 3.55. The summed E-state index contributed by atoms with van der Waals surface area (Å²) < 4.78 is 12.0. The van der Waals surface area contributed by atoms with Gasteiger partial charge < -0.3 is 14.1 Å². The van der Waals surface area contributed by atoms with Gasteiger partial charge in [0, 0.05) is 6.54 Å². The molecule has 0 saturated carbocycles. The van der Waals surface area contributed by atoms with Crippen LogP contribution in [-0.4, -0.2) is 24.0 Å². The standard InChI is InChI=1S/C27H31NO4/c1-5-7-8-12-28-24(19-10-9-11-20(16-19)31-13-6-2)23-25(29)22-18(4)14-17(3)15-21(22)32-26(23)27(28)30/h9-11,14-16,24H,5-8,12-13H2,1-4H3. The van der Waals surface area contributed by atoms with Gasteiger partial charge in [-0.05, 0) is 61.6 Å². The van der Waals surface area contributed by atoms with Crippen LogP contribution in [0.1, 0.15) is 78.4 Å². The Morgan fingerprint density at radius 3 is 2.59 bits per heavy atom. The molecule has 2 heterocycles. The molecule has 5 nitrogen and oxygen atoms in total. The summed E-state index contributed by atoms with van der Waals surface area (Å²) in [5, 5.41) is 0.556. The summed E-state index contributed by atoms with van der Waals surface area (Å²) >= 11 is 0. The highest BCUT2D eigenvalue weighted by Gasteiger charge is 2.42. The minimum atomic E-state index is -0.471. The van der Waals surface area contributed by atoms with Gasteiger partial charge in [0.15, 0.2) is 5.43 Å². The Kier molecular flexibility index (Phi) is 6.35. The van der Waals surface area contributed by atoms with Gasteiger partial charge in [0.05, 0.1) is 23.6 Å². The molecular formula is C27H31NO4. The molecule has 5 heteroatoms. The lowest BCUT2D eigenvalue weighted by atomic mass is 9.96. The van der Waals surface area contributed by atoms with E-state index in [1.807, 2.05) is 50.2 Å². The summed E-state index contributed by atoms with van der Waals surface area (Å²) in [4.78, 5) is 29.0. The first-order chi connectivity index (χ1) is 15.5. The number of carbonyl (C=O) groups excluding carboxylic acids is 1. The fourth-order valence-electron chi connectivity index (χ4n) is 4.62. The molecule has 0 saturated heterocycles. The third kappa shape index (κ3) is 3.92. The summed E-state index contributed by atoms with van der Waals surface area (Å²) in [6, 6.07) is 11.1. The molecule has 0 fully saturated rings. The van der Waals surface area contributed by atoms with Gasteiger partial charge in [-0.25, -0.2) is 0 Å². The van der Waals surface area contributed by atoms with Gasteiger partial charge in [-0.3, -0.25) is 9.59 Å². The van der Waals surface area contributed by atoms with Crippen LogP contribution in [0.4, 0.5) is 0 Å². The van der Waals surface area contributed by atoms with Crippen LogP contribution in [0.15, 0.2) is 45.6 Å². The van der Waals surface area contributed by atoms with E-state index in [9.17, 15) is 9.59 Å². The van der Waals surface area contributed by atoms with E-state index < -0.39 is 6.04 Å². The Morgan fingerprint density at radius 1 is 1.03 bits per heavy atom. The quantitative estimate of drug-likeness (QED) is 0.413. The molecule has 0 radical (unpaired) electrons. The van der Waals surface area contributed by atoms with Crippen molar-refractivity contribution in [3.63, 3.8) is 0 Å². The molecule has 0 spiro atoms. The molecule has 0 N–H and O–H groups in total. The van der Waals surface area contributed by atoms with Crippen molar-refractivity contribution in [1.82, 2.24) is 4.90 Å². The van der Waals surface area contributed by atoms with Crippen molar-refractivity contribution < 1.29 is 13.9 Å². The van der Waals surface area contributed by atoms with Gasteiger partial charge in [-0.2, -0.15) is 0 Å². The number of hydrogen-bond acceptors (Lipinski definition) is 4. The average molecular weight is 434 g/mol. The Balaban J connectivity index is 1.90. The molecule has 1 aliphatic heterocycles. The van der Waals surface area contributed by atoms with Crippen LogP contribution in [-0.2, 0) is 0 Å². The lowest BCUT2D eigenvalue weighted by molar-refractivity contribution is 0.0724. The number of amides is 1. The van der Waals surface area contributed by atoms with Crippen molar-refractivity contribution in [2.75, 3.05) is 13.2 Å². The van der Waals surface area contributed by atoms with Crippen LogP contribution in [0.25, 0.3) is 11.0 Å². The monoisotopic (exact) mass is 433 g/mol. The van der Waals surface area contributed by atoms with Gasteiger partial charge in [-0.1, -0.05) is 44.9 Å². The predicted octanol–water partition coefficient (Wildman–Crippen LogP) is 5.93. The molecular weight excluding hydrogens is 402 g/mol. The smallest absolute Gasteiger partial charge is 0.290 e. The van der Waals surface area contributed by atoms with Crippen LogP contribution in [0, 0.1) is 13.8 Å². The maximum atomic E-state index is 13.7.